The van der Waals surface area contributed by atoms with Gasteiger partial charge >= 0.3 is 24.2 Å². The van der Waals surface area contributed by atoms with Gasteiger partial charge in [-0.05, 0) is 38.0 Å². The van der Waals surface area contributed by atoms with Gasteiger partial charge in [-0.1, -0.05) is 13.0 Å². The molecular formula is C20H27NO10. The Bertz CT molecular complexity index is 794. The predicted molar refractivity (Wildman–Crippen MR) is 106 cm³/mol. The Kier molecular flexibility index (Phi) is 10.3. The van der Waals surface area contributed by atoms with E-state index in [1.54, 1.807) is 20.8 Å². The monoisotopic (exact) mass is 441 g/mol. The number of hydrogen-bond donors (Lipinski definition) is 1. The minimum atomic E-state index is -1.06. The quantitative estimate of drug-likeness (QED) is 0.341. The third-order valence-corrected chi connectivity index (χ3v) is 4.06. The summed E-state index contributed by atoms with van der Waals surface area (Å²) in [5.41, 5.74) is 6.41. The predicted octanol–water partition coefficient (Wildman–Crippen LogP) is 2.12. The molecular weight excluding hydrogens is 414 g/mol. The average Bonchev–Trinajstić information content (AvgIpc) is 2.74. The Morgan fingerprint density at radius 2 is 1.45 bits per heavy atom. The molecule has 0 aliphatic carbocycles. The molecule has 0 fully saturated rings. The van der Waals surface area contributed by atoms with Crippen molar-refractivity contribution >= 4 is 24.2 Å². The topological polar surface area (TPSA) is 150 Å². The fraction of sp³-hybridized carbons (Fsp3) is 0.500. The molecule has 0 bridgehead atoms. The third-order valence-electron chi connectivity index (χ3n) is 4.06. The molecule has 1 rings (SSSR count). The first-order valence-corrected chi connectivity index (χ1v) is 9.41. The zero-order valence-corrected chi connectivity index (χ0v) is 18.0. The molecule has 2 N–H and O–H groups in total. The van der Waals surface area contributed by atoms with Gasteiger partial charge in [-0.2, -0.15) is 0 Å². The molecule has 0 spiro atoms. The van der Waals surface area contributed by atoms with E-state index >= 15 is 0 Å². The fourth-order valence-corrected chi connectivity index (χ4v) is 2.20. The Balaban J connectivity index is 2.86. The van der Waals surface area contributed by atoms with Crippen LogP contribution in [0, 0.1) is 0 Å². The molecule has 0 aliphatic heterocycles. The van der Waals surface area contributed by atoms with Crippen LogP contribution < -0.4 is 15.2 Å². The molecule has 11 nitrogen and oxygen atoms in total. The summed E-state index contributed by atoms with van der Waals surface area (Å²) in [5.74, 6) is -1.36. The number of esters is 2. The minimum absolute atomic E-state index is 0.0186. The summed E-state index contributed by atoms with van der Waals surface area (Å²) in [6, 6.07) is 3.16. The van der Waals surface area contributed by atoms with E-state index in [1.165, 1.54) is 18.2 Å². The molecule has 0 amide bonds. The van der Waals surface area contributed by atoms with Crippen molar-refractivity contribution in [2.45, 2.75) is 51.9 Å². The van der Waals surface area contributed by atoms with E-state index in [0.29, 0.717) is 5.56 Å². The normalized spacial score (nSPS) is 13.2. The van der Waals surface area contributed by atoms with Gasteiger partial charge in [0.1, 0.15) is 18.2 Å². The molecule has 0 saturated carbocycles. The zero-order valence-electron chi connectivity index (χ0n) is 18.0. The van der Waals surface area contributed by atoms with E-state index in [-0.39, 0.29) is 24.3 Å². The van der Waals surface area contributed by atoms with Crippen LogP contribution in [0.1, 0.15) is 32.8 Å². The van der Waals surface area contributed by atoms with E-state index in [0.717, 1.165) is 14.2 Å². The number of benzene rings is 1. The van der Waals surface area contributed by atoms with Gasteiger partial charge in [-0.15, -0.1) is 0 Å². The smallest absolute Gasteiger partial charge is 0.459 e. The summed E-state index contributed by atoms with van der Waals surface area (Å²) in [6.45, 7) is 4.84. The fourth-order valence-electron chi connectivity index (χ4n) is 2.20. The van der Waals surface area contributed by atoms with Crippen LogP contribution in [0.25, 0.3) is 0 Å². The van der Waals surface area contributed by atoms with E-state index < -0.39 is 42.5 Å². The van der Waals surface area contributed by atoms with Gasteiger partial charge in [-0.3, -0.25) is 9.59 Å². The lowest BCUT2D eigenvalue weighted by Crippen LogP contribution is -2.39. The van der Waals surface area contributed by atoms with Crippen molar-refractivity contribution in [1.29, 1.82) is 0 Å². The van der Waals surface area contributed by atoms with Crippen LogP contribution in [0.5, 0.6) is 11.5 Å². The molecule has 0 heterocycles. The highest BCUT2D eigenvalue weighted by Gasteiger charge is 2.24. The Labute approximate surface area is 179 Å². The van der Waals surface area contributed by atoms with Gasteiger partial charge in [0.15, 0.2) is 11.5 Å². The number of hydrogen-bond acceptors (Lipinski definition) is 11. The Morgan fingerprint density at radius 1 is 0.903 bits per heavy atom. The molecule has 31 heavy (non-hydrogen) atoms. The van der Waals surface area contributed by atoms with Crippen LogP contribution in [-0.2, 0) is 35.0 Å². The molecule has 0 radical (unpaired) electrons. The zero-order chi connectivity index (χ0) is 23.6. The molecule has 1 aromatic carbocycles. The van der Waals surface area contributed by atoms with Crippen molar-refractivity contribution in [2.24, 2.45) is 5.73 Å². The van der Waals surface area contributed by atoms with Gasteiger partial charge in [0, 0.05) is 6.42 Å². The number of carbonyl (C=O) groups is 4. The largest absolute Gasteiger partial charge is 0.513 e. The van der Waals surface area contributed by atoms with Crippen LogP contribution in [0.15, 0.2) is 18.2 Å². The first kappa shape index (κ1) is 25.7. The van der Waals surface area contributed by atoms with Gasteiger partial charge in [0.05, 0.1) is 14.2 Å². The summed E-state index contributed by atoms with van der Waals surface area (Å²) in [7, 11) is 2.23. The van der Waals surface area contributed by atoms with Gasteiger partial charge in [0.25, 0.3) is 0 Å². The van der Waals surface area contributed by atoms with Crippen LogP contribution in [0.4, 0.5) is 9.59 Å². The maximum Gasteiger partial charge on any atom is 0.513 e. The molecule has 11 heteroatoms. The molecule has 0 aliphatic rings. The highest BCUT2D eigenvalue weighted by atomic mass is 16.7. The summed E-state index contributed by atoms with van der Waals surface area (Å²) in [6.07, 6.45) is -3.18. The van der Waals surface area contributed by atoms with Crippen molar-refractivity contribution in [3.05, 3.63) is 23.8 Å². The Hall–Kier alpha value is -3.34. The summed E-state index contributed by atoms with van der Waals surface area (Å²) in [5, 5.41) is 0. The van der Waals surface area contributed by atoms with Crippen molar-refractivity contribution in [3.63, 3.8) is 0 Å². The van der Waals surface area contributed by atoms with E-state index in [4.69, 9.17) is 24.7 Å². The number of nitrogens with two attached hydrogens (primary N) is 1. The molecule has 172 valence electrons. The maximum absolute atomic E-state index is 12.3. The van der Waals surface area contributed by atoms with Crippen LogP contribution in [0.2, 0.25) is 0 Å². The third kappa shape index (κ3) is 8.51. The van der Waals surface area contributed by atoms with Crippen LogP contribution >= 0.6 is 0 Å². The van der Waals surface area contributed by atoms with E-state index in [2.05, 4.69) is 9.47 Å². The second kappa shape index (κ2) is 12.4. The van der Waals surface area contributed by atoms with Gasteiger partial charge in [-0.25, -0.2) is 9.59 Å². The first-order valence-electron chi connectivity index (χ1n) is 9.41. The SMILES string of the molecule is CCC(=O)O[C@@H](C)[C@H](C)OC(=O)[C@@H](N)Cc1ccc(OC(=O)OC)c(OC(=O)OC)c1. The molecule has 0 aromatic heterocycles. The molecule has 0 unspecified atom stereocenters. The standard InChI is InChI=1S/C20H27NO10/c1-6-17(22)28-11(2)12(3)29-18(23)14(21)9-13-7-8-15(30-19(24)26-4)16(10-13)31-20(25)27-5/h7-8,10-12,14H,6,9,21H2,1-5H3/t11-,12-,14-/m0/s1. The first-order chi connectivity index (χ1) is 14.6. The highest BCUT2D eigenvalue weighted by molar-refractivity contribution is 5.76. The summed E-state index contributed by atoms with van der Waals surface area (Å²) < 4.78 is 29.1. The van der Waals surface area contributed by atoms with Crippen LogP contribution in [-0.4, -0.2) is 56.7 Å². The van der Waals surface area contributed by atoms with Crippen LogP contribution in [0.3, 0.4) is 0 Å². The average molecular weight is 441 g/mol. The van der Waals surface area contributed by atoms with Gasteiger partial charge in [0.2, 0.25) is 0 Å². The molecule has 1 aromatic rings. The summed E-state index contributed by atoms with van der Waals surface area (Å²) >= 11 is 0. The number of rotatable bonds is 9. The second-order valence-corrected chi connectivity index (χ2v) is 6.39. The van der Waals surface area contributed by atoms with Crippen molar-refractivity contribution in [1.82, 2.24) is 0 Å². The van der Waals surface area contributed by atoms with E-state index in [9.17, 15) is 19.2 Å². The molecule has 3 atom stereocenters. The molecule has 0 saturated heterocycles. The van der Waals surface area contributed by atoms with Crippen molar-refractivity contribution < 1.29 is 47.6 Å². The van der Waals surface area contributed by atoms with E-state index in [1.807, 2.05) is 0 Å². The maximum atomic E-state index is 12.3. The lowest BCUT2D eigenvalue weighted by Gasteiger charge is -2.22. The Morgan fingerprint density at radius 3 is 2.00 bits per heavy atom. The number of ether oxygens (including phenoxy) is 6. The van der Waals surface area contributed by atoms with Gasteiger partial charge < -0.3 is 34.2 Å². The minimum Gasteiger partial charge on any atom is -0.459 e. The highest BCUT2D eigenvalue weighted by Crippen LogP contribution is 2.29. The lowest BCUT2D eigenvalue weighted by molar-refractivity contribution is -0.166. The van der Waals surface area contributed by atoms with Crippen molar-refractivity contribution in [2.75, 3.05) is 14.2 Å². The number of methoxy groups -OCH3 is 2. The lowest BCUT2D eigenvalue weighted by atomic mass is 10.1. The summed E-state index contributed by atoms with van der Waals surface area (Å²) in [4.78, 5) is 46.5. The van der Waals surface area contributed by atoms with Crippen molar-refractivity contribution in [3.8, 4) is 11.5 Å². The number of carbonyl (C=O) groups excluding carboxylic acids is 4. The second-order valence-electron chi connectivity index (χ2n) is 6.39.